The molecule has 9 heteroatoms. The molecule has 142 valence electrons. The first-order chi connectivity index (χ1) is 13.3. The second-order valence-corrected chi connectivity index (χ2v) is 8.47. The Morgan fingerprint density at radius 2 is 1.86 bits per heavy atom. The highest BCUT2D eigenvalue weighted by Crippen LogP contribution is 2.31. The number of amides is 1. The van der Waals surface area contributed by atoms with Crippen LogP contribution in [0.25, 0.3) is 21.8 Å². The lowest BCUT2D eigenvalue weighted by Crippen LogP contribution is -2.06. The molecule has 0 spiro atoms. The third-order valence-electron chi connectivity index (χ3n) is 4.24. The first-order valence-corrected chi connectivity index (χ1v) is 10.3. The molecule has 3 N–H and O–H groups in total. The van der Waals surface area contributed by atoms with Crippen LogP contribution in [0.4, 0.5) is 17.2 Å². The van der Waals surface area contributed by atoms with E-state index < -0.39 is 9.84 Å². The lowest BCUT2D eigenvalue weighted by Gasteiger charge is -2.11. The van der Waals surface area contributed by atoms with Gasteiger partial charge >= 0.3 is 0 Å². The smallest absolute Gasteiger partial charge is 0.221 e. The molecular weight excluding hydrogens is 378 g/mol. The summed E-state index contributed by atoms with van der Waals surface area (Å²) < 4.78 is 23.8. The van der Waals surface area contributed by atoms with Gasteiger partial charge in [0, 0.05) is 35.3 Å². The summed E-state index contributed by atoms with van der Waals surface area (Å²) in [4.78, 5) is 16.1. The summed E-state index contributed by atoms with van der Waals surface area (Å²) in [6, 6.07) is 12.1. The van der Waals surface area contributed by atoms with E-state index in [1.165, 1.54) is 19.2 Å². The van der Waals surface area contributed by atoms with Crippen molar-refractivity contribution in [3.8, 4) is 0 Å². The molecule has 4 rings (SSSR count). The average Bonchev–Trinajstić information content (AvgIpc) is 3.11. The Morgan fingerprint density at radius 3 is 2.61 bits per heavy atom. The van der Waals surface area contributed by atoms with Crippen molar-refractivity contribution in [1.29, 1.82) is 0 Å². The molecule has 0 bridgehead atoms. The van der Waals surface area contributed by atoms with Crippen molar-refractivity contribution in [2.45, 2.75) is 11.8 Å². The number of nitrogens with zero attached hydrogens (tertiary/aromatic N) is 2. The van der Waals surface area contributed by atoms with E-state index >= 15 is 0 Å². The van der Waals surface area contributed by atoms with Crippen molar-refractivity contribution in [3.05, 3.63) is 48.7 Å². The van der Waals surface area contributed by atoms with Crippen LogP contribution >= 0.6 is 0 Å². The normalized spacial score (nSPS) is 11.6. The standard InChI is InChI=1S/C19H17N5O3S/c1-11(25)21-12-4-3-5-13(8-12)22-19-18-16(10-20-24-18)15-9-14(28(2,26)27)6-7-17(15)23-19/h3-10H,1-2H3,(H,20,24)(H,21,25)(H,22,23). The van der Waals surface area contributed by atoms with Crippen LogP contribution in [0, 0.1) is 0 Å². The Labute approximate surface area is 160 Å². The van der Waals surface area contributed by atoms with Gasteiger partial charge in [-0.2, -0.15) is 5.10 Å². The van der Waals surface area contributed by atoms with Crippen LogP contribution in [0.15, 0.2) is 53.6 Å². The first-order valence-electron chi connectivity index (χ1n) is 8.43. The topological polar surface area (TPSA) is 117 Å². The largest absolute Gasteiger partial charge is 0.338 e. The fraction of sp³-hybridized carbons (Fsp3) is 0.105. The van der Waals surface area contributed by atoms with Crippen molar-refractivity contribution in [2.75, 3.05) is 16.9 Å². The summed E-state index contributed by atoms with van der Waals surface area (Å²) in [7, 11) is -3.33. The Morgan fingerprint density at radius 1 is 1.07 bits per heavy atom. The van der Waals surface area contributed by atoms with Crippen molar-refractivity contribution >= 4 is 54.7 Å². The highest BCUT2D eigenvalue weighted by Gasteiger charge is 2.14. The fourth-order valence-corrected chi connectivity index (χ4v) is 3.66. The van der Waals surface area contributed by atoms with Crippen LogP contribution in [-0.2, 0) is 14.6 Å². The molecule has 0 aliphatic rings. The molecule has 0 saturated carbocycles. The van der Waals surface area contributed by atoms with Gasteiger partial charge in [-0.3, -0.25) is 9.89 Å². The van der Waals surface area contributed by atoms with E-state index in [0.29, 0.717) is 27.9 Å². The van der Waals surface area contributed by atoms with E-state index in [4.69, 9.17) is 0 Å². The summed E-state index contributed by atoms with van der Waals surface area (Å²) in [5.41, 5.74) is 2.70. The second kappa shape index (κ2) is 6.61. The Hall–Kier alpha value is -3.46. The Bertz CT molecular complexity index is 1330. The lowest BCUT2D eigenvalue weighted by atomic mass is 10.1. The van der Waals surface area contributed by atoms with Crippen molar-refractivity contribution in [3.63, 3.8) is 0 Å². The average molecular weight is 395 g/mol. The maximum absolute atomic E-state index is 11.9. The Kier molecular flexibility index (Phi) is 4.23. The van der Waals surface area contributed by atoms with Crippen LogP contribution in [-0.4, -0.2) is 35.8 Å². The minimum absolute atomic E-state index is 0.154. The van der Waals surface area contributed by atoms with Gasteiger partial charge in [0.15, 0.2) is 15.7 Å². The van der Waals surface area contributed by atoms with Gasteiger partial charge in [0.25, 0.3) is 0 Å². The van der Waals surface area contributed by atoms with Crippen LogP contribution in [0.3, 0.4) is 0 Å². The molecule has 0 unspecified atom stereocenters. The third kappa shape index (κ3) is 3.39. The number of hydrogen-bond donors (Lipinski definition) is 3. The molecule has 2 aromatic heterocycles. The predicted molar refractivity (Wildman–Crippen MR) is 109 cm³/mol. The zero-order valence-corrected chi connectivity index (χ0v) is 16.0. The molecule has 0 aliphatic heterocycles. The van der Waals surface area contributed by atoms with Crippen molar-refractivity contribution < 1.29 is 13.2 Å². The van der Waals surface area contributed by atoms with Gasteiger partial charge in [-0.15, -0.1) is 0 Å². The number of nitrogens with one attached hydrogen (secondary N) is 3. The summed E-state index contributed by atoms with van der Waals surface area (Å²) >= 11 is 0. The zero-order chi connectivity index (χ0) is 19.9. The summed E-state index contributed by atoms with van der Waals surface area (Å²) in [6.45, 7) is 1.45. The number of aromatic amines is 1. The number of H-pyrrole nitrogens is 1. The number of sulfone groups is 1. The number of carbonyl (C=O) groups is 1. The van der Waals surface area contributed by atoms with E-state index in [1.807, 2.05) is 12.1 Å². The zero-order valence-electron chi connectivity index (χ0n) is 15.1. The molecule has 0 radical (unpaired) electrons. The minimum Gasteiger partial charge on any atom is -0.338 e. The van der Waals surface area contributed by atoms with Crippen molar-refractivity contribution in [2.24, 2.45) is 0 Å². The molecule has 0 fully saturated rings. The van der Waals surface area contributed by atoms with E-state index in [1.54, 1.807) is 30.5 Å². The second-order valence-electron chi connectivity index (χ2n) is 6.46. The third-order valence-corrected chi connectivity index (χ3v) is 5.35. The number of benzene rings is 2. The first kappa shape index (κ1) is 17.9. The summed E-state index contributed by atoms with van der Waals surface area (Å²) in [5, 5.41) is 14.4. The quantitative estimate of drug-likeness (QED) is 0.488. The fourth-order valence-electron chi connectivity index (χ4n) is 3.01. The van der Waals surface area contributed by atoms with E-state index in [9.17, 15) is 13.2 Å². The molecular formula is C19H17N5O3S. The number of carbonyl (C=O) groups excluding carboxylic acids is 1. The SMILES string of the molecule is CC(=O)Nc1cccc(Nc2nc3ccc(S(C)(=O)=O)cc3c3cn[nH]c23)c1. The monoisotopic (exact) mass is 395 g/mol. The lowest BCUT2D eigenvalue weighted by molar-refractivity contribution is -0.114. The van der Waals surface area contributed by atoms with E-state index in [-0.39, 0.29) is 10.8 Å². The van der Waals surface area contributed by atoms with Crippen LogP contribution in [0.1, 0.15) is 6.92 Å². The number of rotatable bonds is 4. The molecule has 8 nitrogen and oxygen atoms in total. The molecule has 2 heterocycles. The van der Waals surface area contributed by atoms with Crippen LogP contribution in [0.2, 0.25) is 0 Å². The maximum atomic E-state index is 11.9. The number of anilines is 3. The molecule has 1 amide bonds. The maximum Gasteiger partial charge on any atom is 0.221 e. The van der Waals surface area contributed by atoms with Gasteiger partial charge in [-0.25, -0.2) is 13.4 Å². The number of hydrogen-bond acceptors (Lipinski definition) is 6. The minimum atomic E-state index is -3.33. The Balaban J connectivity index is 1.82. The number of fused-ring (bicyclic) bond motifs is 3. The van der Waals surface area contributed by atoms with Gasteiger partial charge in [0.2, 0.25) is 5.91 Å². The van der Waals surface area contributed by atoms with E-state index in [2.05, 4.69) is 25.8 Å². The van der Waals surface area contributed by atoms with Crippen LogP contribution < -0.4 is 10.6 Å². The van der Waals surface area contributed by atoms with Gasteiger partial charge in [-0.05, 0) is 36.4 Å². The van der Waals surface area contributed by atoms with Gasteiger partial charge < -0.3 is 10.6 Å². The molecule has 0 aliphatic carbocycles. The highest BCUT2D eigenvalue weighted by atomic mass is 32.2. The van der Waals surface area contributed by atoms with Gasteiger partial charge in [0.1, 0.15) is 5.52 Å². The van der Waals surface area contributed by atoms with Crippen LogP contribution in [0.5, 0.6) is 0 Å². The summed E-state index contributed by atoms with van der Waals surface area (Å²) in [5.74, 6) is 0.394. The van der Waals surface area contributed by atoms with Gasteiger partial charge in [-0.1, -0.05) is 6.07 Å². The molecule has 2 aromatic carbocycles. The summed E-state index contributed by atoms with van der Waals surface area (Å²) in [6.07, 6.45) is 2.82. The molecule has 0 saturated heterocycles. The van der Waals surface area contributed by atoms with E-state index in [0.717, 1.165) is 11.1 Å². The van der Waals surface area contributed by atoms with Gasteiger partial charge in [0.05, 0.1) is 16.6 Å². The molecule has 28 heavy (non-hydrogen) atoms. The predicted octanol–water partition coefficient (Wildman–Crippen LogP) is 3.22. The molecule has 4 aromatic rings. The molecule has 0 atom stereocenters. The highest BCUT2D eigenvalue weighted by molar-refractivity contribution is 7.90. The number of aromatic nitrogens is 3. The number of pyridine rings is 1. The van der Waals surface area contributed by atoms with Crippen molar-refractivity contribution in [1.82, 2.24) is 15.2 Å².